The first kappa shape index (κ1) is 11.0. The summed E-state index contributed by atoms with van der Waals surface area (Å²) in [5.41, 5.74) is -0.194. The third-order valence-electron chi connectivity index (χ3n) is 4.94. The van der Waals surface area contributed by atoms with Crippen molar-refractivity contribution in [2.45, 2.75) is 38.5 Å². The van der Waals surface area contributed by atoms with Crippen molar-refractivity contribution in [3.8, 4) is 0 Å². The number of aliphatic carboxylic acids is 1. The third kappa shape index (κ3) is 1.81. The van der Waals surface area contributed by atoms with E-state index in [1.165, 1.54) is 25.3 Å². The van der Waals surface area contributed by atoms with Gasteiger partial charge in [0.2, 0.25) is 0 Å². The van der Waals surface area contributed by atoms with Gasteiger partial charge in [-0.05, 0) is 62.4 Å². The van der Waals surface area contributed by atoms with Gasteiger partial charge >= 0.3 is 5.97 Å². The number of rotatable bonds is 3. The molecule has 4 rings (SSSR count). The minimum absolute atomic E-state index is 0.0685. The van der Waals surface area contributed by atoms with Crippen LogP contribution in [0.1, 0.15) is 38.5 Å². The van der Waals surface area contributed by atoms with E-state index in [-0.39, 0.29) is 11.2 Å². The van der Waals surface area contributed by atoms with Gasteiger partial charge in [-0.25, -0.2) is 4.79 Å². The van der Waals surface area contributed by atoms with Gasteiger partial charge in [-0.2, -0.15) is 0 Å². The molecule has 0 unspecified atom stereocenters. The SMILES string of the molecule is O=C(O)/C=C/C(=O)C12CC3CC(CC(C3)C1)C2. The Balaban J connectivity index is 1.82. The molecule has 4 saturated carbocycles. The van der Waals surface area contributed by atoms with Crippen molar-refractivity contribution in [3.05, 3.63) is 12.2 Å². The van der Waals surface area contributed by atoms with Crippen LogP contribution in [0.4, 0.5) is 0 Å². The Bertz CT molecular complexity index is 359. The summed E-state index contributed by atoms with van der Waals surface area (Å²) in [7, 11) is 0. The molecule has 0 aliphatic heterocycles. The molecular weight excluding hydrogens is 216 g/mol. The predicted octanol–water partition coefficient (Wildman–Crippen LogP) is 2.41. The third-order valence-corrected chi connectivity index (χ3v) is 4.94. The maximum Gasteiger partial charge on any atom is 0.328 e. The first-order valence-electron chi connectivity index (χ1n) is 6.53. The summed E-state index contributed by atoms with van der Waals surface area (Å²) in [6.45, 7) is 0. The zero-order valence-electron chi connectivity index (χ0n) is 9.89. The maximum absolute atomic E-state index is 12.3. The molecule has 4 bridgehead atoms. The van der Waals surface area contributed by atoms with E-state index in [1.807, 2.05) is 0 Å². The normalized spacial score (nSPS) is 43.2. The summed E-state index contributed by atoms with van der Waals surface area (Å²) >= 11 is 0. The first-order chi connectivity index (χ1) is 8.07. The van der Waals surface area contributed by atoms with Gasteiger partial charge in [-0.1, -0.05) is 0 Å². The first-order valence-corrected chi connectivity index (χ1v) is 6.53. The summed E-state index contributed by atoms with van der Waals surface area (Å²) in [6, 6.07) is 0. The highest BCUT2D eigenvalue weighted by atomic mass is 16.4. The topological polar surface area (TPSA) is 54.4 Å². The summed E-state index contributed by atoms with van der Waals surface area (Å²) < 4.78 is 0. The van der Waals surface area contributed by atoms with Crippen molar-refractivity contribution in [1.82, 2.24) is 0 Å². The van der Waals surface area contributed by atoms with Crippen molar-refractivity contribution in [1.29, 1.82) is 0 Å². The highest BCUT2D eigenvalue weighted by Crippen LogP contribution is 2.60. The Morgan fingerprint density at radius 1 is 0.941 bits per heavy atom. The van der Waals surface area contributed by atoms with Crippen molar-refractivity contribution in [2.75, 3.05) is 0 Å². The van der Waals surface area contributed by atoms with E-state index in [2.05, 4.69) is 0 Å². The standard InChI is InChI=1S/C14H18O3/c15-12(1-2-13(16)17)14-6-9-3-10(7-14)5-11(4-9)8-14/h1-2,9-11H,3-8H2,(H,16,17)/b2-1+. The molecule has 4 aliphatic rings. The monoisotopic (exact) mass is 234 g/mol. The molecule has 0 radical (unpaired) electrons. The van der Waals surface area contributed by atoms with Crippen molar-refractivity contribution in [2.24, 2.45) is 23.2 Å². The molecule has 0 saturated heterocycles. The summed E-state index contributed by atoms with van der Waals surface area (Å²) in [5, 5.41) is 8.61. The summed E-state index contributed by atoms with van der Waals surface area (Å²) in [6.07, 6.45) is 9.21. The molecule has 0 amide bonds. The van der Waals surface area contributed by atoms with Crippen LogP contribution in [0.15, 0.2) is 12.2 Å². The van der Waals surface area contributed by atoms with E-state index in [4.69, 9.17) is 5.11 Å². The summed E-state index contributed by atoms with van der Waals surface area (Å²) in [4.78, 5) is 22.7. The van der Waals surface area contributed by atoms with Crippen LogP contribution in [0.5, 0.6) is 0 Å². The van der Waals surface area contributed by atoms with E-state index in [9.17, 15) is 9.59 Å². The molecule has 4 aliphatic carbocycles. The van der Waals surface area contributed by atoms with Gasteiger partial charge in [0, 0.05) is 11.5 Å². The molecule has 0 aromatic rings. The Morgan fingerprint density at radius 3 is 1.82 bits per heavy atom. The Hall–Kier alpha value is -1.12. The van der Waals surface area contributed by atoms with Crippen LogP contribution in [0.2, 0.25) is 0 Å². The molecule has 92 valence electrons. The molecular formula is C14H18O3. The molecule has 4 fully saturated rings. The molecule has 0 aromatic carbocycles. The van der Waals surface area contributed by atoms with Crippen LogP contribution >= 0.6 is 0 Å². The molecule has 3 nitrogen and oxygen atoms in total. The number of hydrogen-bond donors (Lipinski definition) is 1. The largest absolute Gasteiger partial charge is 0.478 e. The molecule has 0 heterocycles. The van der Waals surface area contributed by atoms with Crippen molar-refractivity contribution < 1.29 is 14.7 Å². The van der Waals surface area contributed by atoms with Crippen molar-refractivity contribution >= 4 is 11.8 Å². The van der Waals surface area contributed by atoms with Gasteiger partial charge in [-0.15, -0.1) is 0 Å². The fraction of sp³-hybridized carbons (Fsp3) is 0.714. The van der Waals surface area contributed by atoms with E-state index in [1.54, 1.807) is 0 Å². The van der Waals surface area contributed by atoms with Crippen LogP contribution in [0, 0.1) is 23.2 Å². The van der Waals surface area contributed by atoms with E-state index >= 15 is 0 Å². The fourth-order valence-electron chi connectivity index (χ4n) is 4.74. The quantitative estimate of drug-likeness (QED) is 0.763. The lowest BCUT2D eigenvalue weighted by Gasteiger charge is -2.55. The second-order valence-corrected chi connectivity index (χ2v) is 6.23. The van der Waals surface area contributed by atoms with Crippen LogP contribution in [-0.2, 0) is 9.59 Å². The molecule has 0 spiro atoms. The maximum atomic E-state index is 12.3. The lowest BCUT2D eigenvalue weighted by molar-refractivity contribution is -0.139. The van der Waals surface area contributed by atoms with Crippen LogP contribution in [0.25, 0.3) is 0 Å². The minimum Gasteiger partial charge on any atom is -0.478 e. The average molecular weight is 234 g/mol. The predicted molar refractivity (Wildman–Crippen MR) is 62.4 cm³/mol. The Labute approximate surface area is 101 Å². The Morgan fingerprint density at radius 2 is 1.41 bits per heavy atom. The second kappa shape index (κ2) is 3.69. The van der Waals surface area contributed by atoms with Gasteiger partial charge in [0.05, 0.1) is 0 Å². The fourth-order valence-corrected chi connectivity index (χ4v) is 4.74. The molecule has 3 heteroatoms. The Kier molecular flexibility index (Phi) is 2.39. The number of carboxylic acids is 1. The van der Waals surface area contributed by atoms with Gasteiger partial charge in [-0.3, -0.25) is 4.79 Å². The number of carbonyl (C=O) groups excluding carboxylic acids is 1. The number of carbonyl (C=O) groups is 2. The highest BCUT2D eigenvalue weighted by molar-refractivity contribution is 5.99. The number of allylic oxidation sites excluding steroid dienone is 1. The number of hydrogen-bond acceptors (Lipinski definition) is 2. The van der Waals surface area contributed by atoms with Crippen LogP contribution in [0.3, 0.4) is 0 Å². The number of ketones is 1. The smallest absolute Gasteiger partial charge is 0.328 e. The highest BCUT2D eigenvalue weighted by Gasteiger charge is 2.53. The zero-order chi connectivity index (χ0) is 12.0. The zero-order valence-corrected chi connectivity index (χ0v) is 9.89. The lowest BCUT2D eigenvalue weighted by atomic mass is 9.48. The van der Waals surface area contributed by atoms with Crippen molar-refractivity contribution in [3.63, 3.8) is 0 Å². The minimum atomic E-state index is -1.02. The average Bonchev–Trinajstić information content (AvgIpc) is 2.23. The van der Waals surface area contributed by atoms with Gasteiger partial charge in [0.1, 0.15) is 0 Å². The van der Waals surface area contributed by atoms with E-state index < -0.39 is 5.97 Å². The van der Waals surface area contributed by atoms with Gasteiger partial charge < -0.3 is 5.11 Å². The molecule has 17 heavy (non-hydrogen) atoms. The van der Waals surface area contributed by atoms with Crippen LogP contribution < -0.4 is 0 Å². The van der Waals surface area contributed by atoms with Gasteiger partial charge in [0.25, 0.3) is 0 Å². The molecule has 1 N–H and O–H groups in total. The molecule has 0 aromatic heterocycles. The summed E-state index contributed by atoms with van der Waals surface area (Å²) in [5.74, 6) is 1.22. The van der Waals surface area contributed by atoms with Crippen LogP contribution in [-0.4, -0.2) is 16.9 Å². The number of carboxylic acid groups (broad SMARTS) is 1. The molecule has 0 atom stereocenters. The van der Waals surface area contributed by atoms with Gasteiger partial charge in [0.15, 0.2) is 5.78 Å². The van der Waals surface area contributed by atoms with E-state index in [0.717, 1.165) is 43.1 Å². The second-order valence-electron chi connectivity index (χ2n) is 6.23. The van der Waals surface area contributed by atoms with E-state index in [0.29, 0.717) is 0 Å². The lowest BCUT2D eigenvalue weighted by Crippen LogP contribution is -2.49.